The number of methoxy groups -OCH3 is 1. The highest BCUT2D eigenvalue weighted by atomic mass is 19.4. The molecule has 0 fully saturated rings. The summed E-state index contributed by atoms with van der Waals surface area (Å²) in [6.45, 7) is 4.72. The molecule has 21 heavy (non-hydrogen) atoms. The number of benzene rings is 1. The minimum Gasteiger partial charge on any atom is -0.385 e. The van der Waals surface area contributed by atoms with E-state index in [1.54, 1.807) is 7.11 Å². The maximum Gasteiger partial charge on any atom is 0.419 e. The summed E-state index contributed by atoms with van der Waals surface area (Å²) in [6.07, 6.45) is -4.06. The quantitative estimate of drug-likeness (QED) is 0.764. The first-order valence-corrected chi connectivity index (χ1v) is 6.90. The molecule has 120 valence electrons. The van der Waals surface area contributed by atoms with E-state index in [-0.39, 0.29) is 11.5 Å². The molecule has 0 bridgehead atoms. The second-order valence-corrected chi connectivity index (χ2v) is 5.00. The third kappa shape index (κ3) is 4.68. The second kappa shape index (κ2) is 7.75. The predicted molar refractivity (Wildman–Crippen MR) is 73.5 cm³/mol. The number of rotatable bonds is 7. The van der Waals surface area contributed by atoms with Gasteiger partial charge in [-0.2, -0.15) is 13.2 Å². The van der Waals surface area contributed by atoms with Gasteiger partial charge in [0.1, 0.15) is 5.82 Å². The van der Waals surface area contributed by atoms with E-state index in [1.165, 1.54) is 12.1 Å². The molecular formula is C15H21F4NO. The highest BCUT2D eigenvalue weighted by molar-refractivity contribution is 5.30. The highest BCUT2D eigenvalue weighted by Gasteiger charge is 2.36. The molecule has 1 rings (SSSR count). The van der Waals surface area contributed by atoms with Gasteiger partial charge in [-0.3, -0.25) is 0 Å². The molecule has 0 heterocycles. The summed E-state index contributed by atoms with van der Waals surface area (Å²) in [7, 11) is 1.56. The molecule has 0 amide bonds. The van der Waals surface area contributed by atoms with Gasteiger partial charge in [-0.1, -0.05) is 26.0 Å². The van der Waals surface area contributed by atoms with Crippen molar-refractivity contribution in [3.63, 3.8) is 0 Å². The first-order chi connectivity index (χ1) is 9.82. The molecule has 6 heteroatoms. The van der Waals surface area contributed by atoms with Crippen LogP contribution in [0.4, 0.5) is 17.6 Å². The SMILES string of the molecule is CCNC(c1cccc(C(F)(F)F)c1F)C(C)CCOC. The van der Waals surface area contributed by atoms with Crippen LogP contribution in [0.1, 0.15) is 37.4 Å². The molecule has 0 aliphatic carbocycles. The van der Waals surface area contributed by atoms with E-state index in [0.29, 0.717) is 19.6 Å². The fraction of sp³-hybridized carbons (Fsp3) is 0.600. The summed E-state index contributed by atoms with van der Waals surface area (Å²) < 4.78 is 57.6. The lowest BCUT2D eigenvalue weighted by atomic mass is 9.90. The van der Waals surface area contributed by atoms with Gasteiger partial charge in [0.15, 0.2) is 0 Å². The fourth-order valence-electron chi connectivity index (χ4n) is 2.32. The minimum atomic E-state index is -4.69. The lowest BCUT2D eigenvalue weighted by molar-refractivity contribution is -0.140. The van der Waals surface area contributed by atoms with Crippen molar-refractivity contribution in [2.45, 2.75) is 32.5 Å². The largest absolute Gasteiger partial charge is 0.419 e. The van der Waals surface area contributed by atoms with Crippen LogP contribution >= 0.6 is 0 Å². The van der Waals surface area contributed by atoms with Crippen LogP contribution in [0.5, 0.6) is 0 Å². The lowest BCUT2D eigenvalue weighted by Gasteiger charge is -2.26. The van der Waals surface area contributed by atoms with Gasteiger partial charge in [-0.15, -0.1) is 0 Å². The Morgan fingerprint density at radius 2 is 1.95 bits per heavy atom. The van der Waals surface area contributed by atoms with Crippen LogP contribution in [0.25, 0.3) is 0 Å². The Kier molecular flexibility index (Phi) is 6.61. The van der Waals surface area contributed by atoms with E-state index in [2.05, 4.69) is 5.32 Å². The van der Waals surface area contributed by atoms with E-state index in [4.69, 9.17) is 4.74 Å². The molecule has 0 aromatic heterocycles. The van der Waals surface area contributed by atoms with Crippen LogP contribution in [0, 0.1) is 11.7 Å². The van der Waals surface area contributed by atoms with Crippen molar-refractivity contribution >= 4 is 0 Å². The Balaban J connectivity index is 3.14. The predicted octanol–water partition coefficient (Wildman–Crippen LogP) is 4.17. The van der Waals surface area contributed by atoms with Crippen molar-refractivity contribution in [1.29, 1.82) is 0 Å². The Morgan fingerprint density at radius 3 is 2.48 bits per heavy atom. The fourth-order valence-corrected chi connectivity index (χ4v) is 2.32. The summed E-state index contributed by atoms with van der Waals surface area (Å²) in [5.74, 6) is -1.25. The molecule has 0 radical (unpaired) electrons. The van der Waals surface area contributed by atoms with Gasteiger partial charge >= 0.3 is 6.18 Å². The van der Waals surface area contributed by atoms with Gasteiger partial charge in [-0.05, 0) is 24.9 Å². The number of hydrogen-bond acceptors (Lipinski definition) is 2. The smallest absolute Gasteiger partial charge is 0.385 e. The van der Waals surface area contributed by atoms with Crippen LogP contribution in [0.15, 0.2) is 18.2 Å². The third-order valence-corrected chi connectivity index (χ3v) is 3.44. The van der Waals surface area contributed by atoms with Gasteiger partial charge in [-0.25, -0.2) is 4.39 Å². The molecule has 0 saturated carbocycles. The van der Waals surface area contributed by atoms with Gasteiger partial charge in [0.25, 0.3) is 0 Å². The molecule has 2 nitrogen and oxygen atoms in total. The van der Waals surface area contributed by atoms with Crippen molar-refractivity contribution in [2.24, 2.45) is 5.92 Å². The second-order valence-electron chi connectivity index (χ2n) is 5.00. The topological polar surface area (TPSA) is 21.3 Å². The molecule has 0 aliphatic heterocycles. The maximum absolute atomic E-state index is 14.2. The van der Waals surface area contributed by atoms with Crippen LogP contribution in [-0.4, -0.2) is 20.3 Å². The van der Waals surface area contributed by atoms with Crippen molar-refractivity contribution in [3.8, 4) is 0 Å². The van der Waals surface area contributed by atoms with E-state index >= 15 is 0 Å². The molecule has 2 unspecified atom stereocenters. The molecule has 0 spiro atoms. The lowest BCUT2D eigenvalue weighted by Crippen LogP contribution is -2.29. The van der Waals surface area contributed by atoms with Crippen LogP contribution in [0.2, 0.25) is 0 Å². The third-order valence-electron chi connectivity index (χ3n) is 3.44. The van der Waals surface area contributed by atoms with Crippen molar-refractivity contribution in [2.75, 3.05) is 20.3 Å². The Labute approximate surface area is 122 Å². The number of hydrogen-bond donors (Lipinski definition) is 1. The van der Waals surface area contributed by atoms with Crippen LogP contribution in [-0.2, 0) is 10.9 Å². The summed E-state index contributed by atoms with van der Waals surface area (Å²) in [5.41, 5.74) is -1.17. The molecule has 2 atom stereocenters. The van der Waals surface area contributed by atoms with Gasteiger partial charge < -0.3 is 10.1 Å². The average molecular weight is 307 g/mol. The van der Waals surface area contributed by atoms with Gasteiger partial charge in [0, 0.05) is 25.3 Å². The molecule has 0 saturated heterocycles. The number of ether oxygens (including phenoxy) is 1. The van der Waals surface area contributed by atoms with Crippen LogP contribution < -0.4 is 5.32 Å². The first-order valence-electron chi connectivity index (χ1n) is 6.90. The number of nitrogens with one attached hydrogen (secondary N) is 1. The number of alkyl halides is 3. The Morgan fingerprint density at radius 1 is 1.29 bits per heavy atom. The standard InChI is InChI=1S/C15H21F4NO/c1-4-20-14(10(2)8-9-21-3)11-6-5-7-12(13(11)16)15(17,18)19/h5-7,10,14,20H,4,8-9H2,1-3H3. The zero-order chi connectivity index (χ0) is 16.0. The maximum atomic E-state index is 14.2. The summed E-state index contributed by atoms with van der Waals surface area (Å²) in [6, 6.07) is 2.93. The Bertz CT molecular complexity index is 448. The van der Waals surface area contributed by atoms with E-state index in [0.717, 1.165) is 6.07 Å². The molecular weight excluding hydrogens is 286 g/mol. The Hall–Kier alpha value is -1.14. The van der Waals surface area contributed by atoms with E-state index in [1.807, 2.05) is 13.8 Å². The first kappa shape index (κ1) is 17.9. The van der Waals surface area contributed by atoms with E-state index in [9.17, 15) is 17.6 Å². The van der Waals surface area contributed by atoms with Gasteiger partial charge in [0.2, 0.25) is 0 Å². The molecule has 1 aromatic rings. The zero-order valence-corrected chi connectivity index (χ0v) is 12.4. The average Bonchev–Trinajstić information content (AvgIpc) is 2.41. The van der Waals surface area contributed by atoms with Gasteiger partial charge in [0.05, 0.1) is 5.56 Å². The zero-order valence-electron chi connectivity index (χ0n) is 12.4. The summed E-state index contributed by atoms with van der Waals surface area (Å²) in [4.78, 5) is 0. The van der Waals surface area contributed by atoms with Crippen LogP contribution in [0.3, 0.4) is 0 Å². The molecule has 1 aromatic carbocycles. The van der Waals surface area contributed by atoms with Crippen molar-refractivity contribution in [3.05, 3.63) is 35.1 Å². The molecule has 1 N–H and O–H groups in total. The van der Waals surface area contributed by atoms with E-state index < -0.39 is 23.6 Å². The number of halogens is 4. The highest BCUT2D eigenvalue weighted by Crippen LogP contribution is 2.35. The monoisotopic (exact) mass is 307 g/mol. The normalized spacial score (nSPS) is 15.0. The van der Waals surface area contributed by atoms with Crippen molar-refractivity contribution in [1.82, 2.24) is 5.32 Å². The summed E-state index contributed by atoms with van der Waals surface area (Å²) in [5, 5.41) is 3.06. The molecule has 0 aliphatic rings. The summed E-state index contributed by atoms with van der Waals surface area (Å²) >= 11 is 0. The van der Waals surface area contributed by atoms with Crippen molar-refractivity contribution < 1.29 is 22.3 Å². The minimum absolute atomic E-state index is 0.0512.